The van der Waals surface area contributed by atoms with Crippen molar-refractivity contribution < 1.29 is 9.84 Å². The lowest BCUT2D eigenvalue weighted by Crippen LogP contribution is -2.27. The van der Waals surface area contributed by atoms with Gasteiger partial charge in [0.25, 0.3) is 0 Å². The van der Waals surface area contributed by atoms with Crippen LogP contribution < -0.4 is 5.69 Å². The van der Waals surface area contributed by atoms with Crippen LogP contribution in [0, 0.1) is 5.92 Å². The SMILES string of the molecule is O=c1[nH]c2c(O)cccc2n1CC1CCCOC1. The van der Waals surface area contributed by atoms with E-state index in [-0.39, 0.29) is 11.4 Å². The molecule has 2 heterocycles. The van der Waals surface area contributed by atoms with Crippen LogP contribution >= 0.6 is 0 Å². The second-order valence-electron chi connectivity index (χ2n) is 4.80. The number of benzene rings is 1. The van der Waals surface area contributed by atoms with Gasteiger partial charge in [0, 0.05) is 19.1 Å². The highest BCUT2D eigenvalue weighted by molar-refractivity contribution is 5.81. The topological polar surface area (TPSA) is 67.2 Å². The number of rotatable bonds is 2. The second-order valence-corrected chi connectivity index (χ2v) is 4.80. The molecule has 0 saturated carbocycles. The smallest absolute Gasteiger partial charge is 0.326 e. The molecule has 0 bridgehead atoms. The van der Waals surface area contributed by atoms with Crippen LogP contribution in [-0.4, -0.2) is 27.9 Å². The first-order valence-electron chi connectivity index (χ1n) is 6.24. The van der Waals surface area contributed by atoms with Gasteiger partial charge in [-0.15, -0.1) is 0 Å². The highest BCUT2D eigenvalue weighted by Crippen LogP contribution is 2.23. The summed E-state index contributed by atoms with van der Waals surface area (Å²) in [6.07, 6.45) is 2.13. The number of ether oxygens (including phenoxy) is 1. The Kier molecular flexibility index (Phi) is 2.83. The van der Waals surface area contributed by atoms with E-state index in [0.29, 0.717) is 24.6 Å². The molecule has 0 spiro atoms. The van der Waals surface area contributed by atoms with Crippen molar-refractivity contribution in [1.82, 2.24) is 9.55 Å². The Morgan fingerprint density at radius 3 is 3.17 bits per heavy atom. The van der Waals surface area contributed by atoms with Crippen LogP contribution in [0.3, 0.4) is 0 Å². The summed E-state index contributed by atoms with van der Waals surface area (Å²) in [6.45, 7) is 2.17. The molecule has 1 unspecified atom stereocenters. The molecule has 0 radical (unpaired) electrons. The molecule has 1 saturated heterocycles. The number of hydrogen-bond donors (Lipinski definition) is 2. The number of phenolic OH excluding ortho intramolecular Hbond substituents is 1. The number of imidazole rings is 1. The molecule has 1 aromatic carbocycles. The summed E-state index contributed by atoms with van der Waals surface area (Å²) < 4.78 is 7.12. The molecule has 0 amide bonds. The van der Waals surface area contributed by atoms with Gasteiger partial charge in [-0.25, -0.2) is 4.79 Å². The van der Waals surface area contributed by atoms with Gasteiger partial charge in [-0.2, -0.15) is 0 Å². The second kappa shape index (κ2) is 4.49. The number of para-hydroxylation sites is 1. The average molecular weight is 248 g/mol. The van der Waals surface area contributed by atoms with Crippen molar-refractivity contribution in [2.75, 3.05) is 13.2 Å². The normalized spacial score (nSPS) is 20.3. The maximum absolute atomic E-state index is 11.9. The van der Waals surface area contributed by atoms with Gasteiger partial charge in [0.2, 0.25) is 0 Å². The number of aromatic nitrogens is 2. The molecule has 1 aliphatic heterocycles. The largest absolute Gasteiger partial charge is 0.506 e. The van der Waals surface area contributed by atoms with Gasteiger partial charge in [-0.05, 0) is 25.0 Å². The fourth-order valence-electron chi connectivity index (χ4n) is 2.56. The van der Waals surface area contributed by atoms with Crippen LogP contribution in [-0.2, 0) is 11.3 Å². The zero-order valence-corrected chi connectivity index (χ0v) is 10.1. The lowest BCUT2D eigenvalue weighted by Gasteiger charge is -2.22. The summed E-state index contributed by atoms with van der Waals surface area (Å²) in [4.78, 5) is 14.6. The molecule has 2 N–H and O–H groups in total. The predicted molar refractivity (Wildman–Crippen MR) is 67.8 cm³/mol. The Bertz CT molecular complexity index is 608. The standard InChI is InChI=1S/C13H16N2O3/c16-11-5-1-4-10-12(11)14-13(17)15(10)7-9-3-2-6-18-8-9/h1,4-5,9,16H,2-3,6-8H2,(H,14,17). The zero-order chi connectivity index (χ0) is 12.5. The third kappa shape index (κ3) is 1.90. The van der Waals surface area contributed by atoms with Crippen LogP contribution in [0.2, 0.25) is 0 Å². The lowest BCUT2D eigenvalue weighted by molar-refractivity contribution is 0.0485. The van der Waals surface area contributed by atoms with Crippen LogP contribution in [0.1, 0.15) is 12.8 Å². The summed E-state index contributed by atoms with van der Waals surface area (Å²) in [6, 6.07) is 5.17. The van der Waals surface area contributed by atoms with Crippen molar-refractivity contribution in [2.24, 2.45) is 5.92 Å². The van der Waals surface area contributed by atoms with Crippen molar-refractivity contribution >= 4 is 11.0 Å². The van der Waals surface area contributed by atoms with Gasteiger partial charge in [-0.1, -0.05) is 6.07 Å². The monoisotopic (exact) mass is 248 g/mol. The van der Waals surface area contributed by atoms with Gasteiger partial charge in [-0.3, -0.25) is 4.57 Å². The Labute approximate surface area is 104 Å². The number of aromatic hydroxyl groups is 1. The van der Waals surface area contributed by atoms with Crippen molar-refractivity contribution in [3.63, 3.8) is 0 Å². The number of phenols is 1. The first-order chi connectivity index (χ1) is 8.75. The minimum Gasteiger partial charge on any atom is -0.506 e. The summed E-state index contributed by atoms with van der Waals surface area (Å²) in [7, 11) is 0. The van der Waals surface area contributed by atoms with E-state index in [0.717, 1.165) is 25.0 Å². The minimum absolute atomic E-state index is 0.114. The highest BCUT2D eigenvalue weighted by Gasteiger charge is 2.17. The van der Waals surface area contributed by atoms with Crippen LogP contribution in [0.25, 0.3) is 11.0 Å². The van der Waals surface area contributed by atoms with E-state index in [2.05, 4.69) is 4.98 Å². The Hall–Kier alpha value is -1.75. The maximum Gasteiger partial charge on any atom is 0.326 e. The third-order valence-corrected chi connectivity index (χ3v) is 3.48. The van der Waals surface area contributed by atoms with Crippen molar-refractivity contribution in [2.45, 2.75) is 19.4 Å². The van der Waals surface area contributed by atoms with E-state index in [1.54, 1.807) is 16.7 Å². The average Bonchev–Trinajstić information content (AvgIpc) is 2.70. The number of nitrogens with zero attached hydrogens (tertiary/aromatic N) is 1. The quantitative estimate of drug-likeness (QED) is 0.845. The first kappa shape index (κ1) is 11.3. The van der Waals surface area contributed by atoms with E-state index in [1.807, 2.05) is 6.07 Å². The Morgan fingerprint density at radius 2 is 2.39 bits per heavy atom. The fraction of sp³-hybridized carbons (Fsp3) is 0.462. The van der Waals surface area contributed by atoms with Gasteiger partial charge in [0.15, 0.2) is 0 Å². The van der Waals surface area contributed by atoms with Gasteiger partial charge < -0.3 is 14.8 Å². The van der Waals surface area contributed by atoms with Gasteiger partial charge in [0.1, 0.15) is 11.3 Å². The Balaban J connectivity index is 1.98. The molecule has 2 aromatic rings. The van der Waals surface area contributed by atoms with Crippen LogP contribution in [0.4, 0.5) is 0 Å². The summed E-state index contributed by atoms with van der Waals surface area (Å²) in [5.74, 6) is 0.487. The lowest BCUT2D eigenvalue weighted by atomic mass is 10.0. The summed E-state index contributed by atoms with van der Waals surface area (Å²) in [5.41, 5.74) is 1.10. The van der Waals surface area contributed by atoms with Crippen molar-refractivity contribution in [3.05, 3.63) is 28.7 Å². The molecule has 1 atom stereocenters. The molecule has 1 aromatic heterocycles. The molecule has 5 heteroatoms. The van der Waals surface area contributed by atoms with Crippen LogP contribution in [0.15, 0.2) is 23.0 Å². The van der Waals surface area contributed by atoms with Crippen molar-refractivity contribution in [3.8, 4) is 5.75 Å². The van der Waals surface area contributed by atoms with E-state index in [9.17, 15) is 9.90 Å². The molecule has 1 aliphatic rings. The molecule has 18 heavy (non-hydrogen) atoms. The molecule has 5 nitrogen and oxygen atoms in total. The first-order valence-corrected chi connectivity index (χ1v) is 6.24. The van der Waals surface area contributed by atoms with E-state index in [4.69, 9.17) is 4.74 Å². The molecular formula is C13H16N2O3. The molecular weight excluding hydrogens is 232 g/mol. The van der Waals surface area contributed by atoms with E-state index >= 15 is 0 Å². The summed E-state index contributed by atoms with van der Waals surface area (Å²) >= 11 is 0. The number of aromatic amines is 1. The molecule has 96 valence electrons. The van der Waals surface area contributed by atoms with E-state index < -0.39 is 0 Å². The number of fused-ring (bicyclic) bond motifs is 1. The van der Waals surface area contributed by atoms with Gasteiger partial charge in [0.05, 0.1) is 12.1 Å². The zero-order valence-electron chi connectivity index (χ0n) is 10.1. The van der Waals surface area contributed by atoms with Crippen molar-refractivity contribution in [1.29, 1.82) is 0 Å². The number of hydrogen-bond acceptors (Lipinski definition) is 3. The van der Waals surface area contributed by atoms with Crippen LogP contribution in [0.5, 0.6) is 5.75 Å². The highest BCUT2D eigenvalue weighted by atomic mass is 16.5. The number of H-pyrrole nitrogens is 1. The molecule has 0 aliphatic carbocycles. The predicted octanol–water partition coefficient (Wildman–Crippen LogP) is 1.46. The minimum atomic E-state index is -0.169. The maximum atomic E-state index is 11.9. The van der Waals surface area contributed by atoms with Gasteiger partial charge >= 0.3 is 5.69 Å². The third-order valence-electron chi connectivity index (χ3n) is 3.48. The molecule has 3 rings (SSSR count). The van der Waals surface area contributed by atoms with E-state index in [1.165, 1.54) is 0 Å². The molecule has 1 fully saturated rings. The fourth-order valence-corrected chi connectivity index (χ4v) is 2.56. The number of nitrogens with one attached hydrogen (secondary N) is 1. The summed E-state index contributed by atoms with van der Waals surface area (Å²) in [5, 5.41) is 9.71. The Morgan fingerprint density at radius 1 is 1.50 bits per heavy atom.